The van der Waals surface area contributed by atoms with E-state index >= 15 is 0 Å². The first kappa shape index (κ1) is 20.6. The Bertz CT molecular complexity index is 1180. The van der Waals surface area contributed by atoms with Crippen LogP contribution in [0.4, 0.5) is 5.69 Å². The average Bonchev–Trinajstić information content (AvgIpc) is 3.24. The van der Waals surface area contributed by atoms with Gasteiger partial charge in [0.25, 0.3) is 0 Å². The Morgan fingerprint density at radius 1 is 1.10 bits per heavy atom. The molecule has 2 aromatic carbocycles. The van der Waals surface area contributed by atoms with E-state index in [2.05, 4.69) is 20.5 Å². The lowest BCUT2D eigenvalue weighted by Gasteiger charge is -2.11. The van der Waals surface area contributed by atoms with E-state index < -0.39 is 0 Å². The van der Waals surface area contributed by atoms with Crippen LogP contribution in [0.3, 0.4) is 0 Å². The van der Waals surface area contributed by atoms with Crippen molar-refractivity contribution in [2.24, 2.45) is 0 Å². The maximum absolute atomic E-state index is 12.5. The first-order valence-electron chi connectivity index (χ1n) is 9.63. The van der Waals surface area contributed by atoms with Gasteiger partial charge in [-0.3, -0.25) is 14.3 Å². The van der Waals surface area contributed by atoms with Crippen LogP contribution in [0.2, 0.25) is 0 Å². The molecule has 31 heavy (non-hydrogen) atoms. The van der Waals surface area contributed by atoms with E-state index in [-0.39, 0.29) is 11.7 Å². The summed E-state index contributed by atoms with van der Waals surface area (Å²) in [6, 6.07) is 19.1. The number of aromatic nitrogens is 4. The van der Waals surface area contributed by atoms with Gasteiger partial charge in [-0.2, -0.15) is 0 Å². The first-order chi connectivity index (χ1) is 15.1. The zero-order chi connectivity index (χ0) is 21.6. The molecule has 0 saturated heterocycles. The van der Waals surface area contributed by atoms with Gasteiger partial charge in [0.1, 0.15) is 5.75 Å². The molecule has 7 nitrogen and oxygen atoms in total. The Morgan fingerprint density at radius 3 is 2.68 bits per heavy atom. The fourth-order valence-corrected chi connectivity index (χ4v) is 3.74. The van der Waals surface area contributed by atoms with E-state index in [4.69, 9.17) is 4.74 Å². The van der Waals surface area contributed by atoms with Gasteiger partial charge >= 0.3 is 0 Å². The molecule has 0 atom stereocenters. The molecule has 2 heterocycles. The number of rotatable bonds is 7. The third-order valence-electron chi connectivity index (χ3n) is 4.53. The van der Waals surface area contributed by atoms with Gasteiger partial charge in [-0.05, 0) is 43.3 Å². The van der Waals surface area contributed by atoms with Gasteiger partial charge in [0.15, 0.2) is 11.0 Å². The highest BCUT2D eigenvalue weighted by Gasteiger charge is 2.18. The molecular formula is C23H21N5O2S. The number of hydrogen-bond donors (Lipinski definition) is 1. The predicted octanol–water partition coefficient (Wildman–Crippen LogP) is 4.38. The third-order valence-corrected chi connectivity index (χ3v) is 5.46. The molecule has 1 N–H and O–H groups in total. The van der Waals surface area contributed by atoms with Gasteiger partial charge in [-0.25, -0.2) is 0 Å². The lowest BCUT2D eigenvalue weighted by atomic mass is 10.2. The normalized spacial score (nSPS) is 10.6. The van der Waals surface area contributed by atoms with Gasteiger partial charge in [0, 0.05) is 29.7 Å². The van der Waals surface area contributed by atoms with E-state index in [1.807, 2.05) is 72.2 Å². The molecule has 4 aromatic rings. The van der Waals surface area contributed by atoms with Crippen molar-refractivity contribution in [1.29, 1.82) is 0 Å². The molecule has 2 aromatic heterocycles. The fraction of sp³-hybridized carbons (Fsp3) is 0.130. The molecule has 0 aliphatic heterocycles. The van der Waals surface area contributed by atoms with E-state index in [9.17, 15) is 4.79 Å². The molecule has 0 aliphatic carbocycles. The maximum atomic E-state index is 12.5. The van der Waals surface area contributed by atoms with Crippen LogP contribution in [0.25, 0.3) is 17.1 Å². The minimum Gasteiger partial charge on any atom is -0.497 e. The molecule has 8 heteroatoms. The van der Waals surface area contributed by atoms with Crippen molar-refractivity contribution < 1.29 is 9.53 Å². The van der Waals surface area contributed by atoms with Gasteiger partial charge < -0.3 is 10.1 Å². The van der Waals surface area contributed by atoms with Crippen molar-refractivity contribution in [2.45, 2.75) is 12.1 Å². The summed E-state index contributed by atoms with van der Waals surface area (Å²) < 4.78 is 7.28. The molecule has 156 valence electrons. The number of thioether (sulfide) groups is 1. The molecule has 0 fully saturated rings. The summed E-state index contributed by atoms with van der Waals surface area (Å²) in [5, 5.41) is 12.2. The molecule has 0 bridgehead atoms. The molecule has 1 amide bonds. The van der Waals surface area contributed by atoms with Crippen LogP contribution in [-0.4, -0.2) is 38.5 Å². The largest absolute Gasteiger partial charge is 0.497 e. The second-order valence-electron chi connectivity index (χ2n) is 6.79. The number of benzene rings is 2. The number of anilines is 1. The lowest BCUT2D eigenvalue weighted by Crippen LogP contribution is -2.14. The van der Waals surface area contributed by atoms with Crippen LogP contribution in [0, 0.1) is 6.92 Å². The topological polar surface area (TPSA) is 81.9 Å². The molecule has 0 aliphatic rings. The molecule has 4 rings (SSSR count). The summed E-state index contributed by atoms with van der Waals surface area (Å²) in [5.41, 5.74) is 3.57. The molecule has 0 spiro atoms. The molecule has 0 unspecified atom stereocenters. The number of carbonyl (C=O) groups is 1. The summed E-state index contributed by atoms with van der Waals surface area (Å²) in [6.07, 6.45) is 3.44. The number of ether oxygens (including phenoxy) is 1. The van der Waals surface area contributed by atoms with E-state index in [1.165, 1.54) is 11.8 Å². The van der Waals surface area contributed by atoms with Gasteiger partial charge in [-0.1, -0.05) is 35.5 Å². The molecular weight excluding hydrogens is 410 g/mol. The number of aryl methyl sites for hydroxylation is 1. The zero-order valence-corrected chi connectivity index (χ0v) is 18.0. The number of nitrogens with zero attached hydrogens (tertiary/aromatic N) is 4. The van der Waals surface area contributed by atoms with Crippen molar-refractivity contribution >= 4 is 23.4 Å². The van der Waals surface area contributed by atoms with E-state index in [0.29, 0.717) is 11.0 Å². The van der Waals surface area contributed by atoms with Crippen molar-refractivity contribution in [3.05, 3.63) is 78.6 Å². The minimum atomic E-state index is -0.114. The van der Waals surface area contributed by atoms with Crippen molar-refractivity contribution in [1.82, 2.24) is 19.7 Å². The summed E-state index contributed by atoms with van der Waals surface area (Å²) >= 11 is 1.32. The Morgan fingerprint density at radius 2 is 1.94 bits per heavy atom. The summed E-state index contributed by atoms with van der Waals surface area (Å²) in [6.45, 7) is 2.01. The molecule has 0 saturated carbocycles. The minimum absolute atomic E-state index is 0.114. The van der Waals surface area contributed by atoms with Crippen LogP contribution < -0.4 is 10.1 Å². The van der Waals surface area contributed by atoms with Crippen molar-refractivity contribution in [2.75, 3.05) is 18.2 Å². The Kier molecular flexibility index (Phi) is 6.28. The number of pyridine rings is 1. The quantitative estimate of drug-likeness (QED) is 0.438. The second-order valence-corrected chi connectivity index (χ2v) is 7.73. The fourth-order valence-electron chi connectivity index (χ4n) is 2.99. The standard InChI is InChI=1S/C23H21N5O2S/c1-16-8-10-18(11-9-16)25-21(29)15-31-23-27-26-22(17-5-4-12-24-14-17)28(23)19-6-3-7-20(13-19)30-2/h3-14H,15H2,1-2H3,(H,25,29). The van der Waals surface area contributed by atoms with Crippen LogP contribution in [-0.2, 0) is 4.79 Å². The van der Waals surface area contributed by atoms with Gasteiger partial charge in [-0.15, -0.1) is 10.2 Å². The van der Waals surface area contributed by atoms with Crippen molar-refractivity contribution in [3.63, 3.8) is 0 Å². The second kappa shape index (κ2) is 9.44. The lowest BCUT2D eigenvalue weighted by molar-refractivity contribution is -0.113. The highest BCUT2D eigenvalue weighted by molar-refractivity contribution is 7.99. The van der Waals surface area contributed by atoms with Gasteiger partial charge in [0.2, 0.25) is 5.91 Å². The van der Waals surface area contributed by atoms with Gasteiger partial charge in [0.05, 0.1) is 18.6 Å². The smallest absolute Gasteiger partial charge is 0.234 e. The number of hydrogen-bond acceptors (Lipinski definition) is 6. The number of amides is 1. The first-order valence-corrected chi connectivity index (χ1v) is 10.6. The summed E-state index contributed by atoms with van der Waals surface area (Å²) in [5.74, 6) is 1.44. The van der Waals surface area contributed by atoms with E-state index in [1.54, 1.807) is 19.5 Å². The Hall–Kier alpha value is -3.65. The monoisotopic (exact) mass is 431 g/mol. The zero-order valence-electron chi connectivity index (χ0n) is 17.1. The SMILES string of the molecule is COc1cccc(-n2c(SCC(=O)Nc3ccc(C)cc3)nnc2-c2cccnc2)c1. The van der Waals surface area contributed by atoms with Crippen LogP contribution in [0.15, 0.2) is 78.2 Å². The number of nitrogens with one attached hydrogen (secondary N) is 1. The number of carbonyl (C=O) groups excluding carboxylic acids is 1. The van der Waals surface area contributed by atoms with E-state index in [0.717, 1.165) is 28.3 Å². The van der Waals surface area contributed by atoms with Crippen molar-refractivity contribution in [3.8, 4) is 22.8 Å². The Labute approximate surface area is 184 Å². The predicted molar refractivity (Wildman–Crippen MR) is 122 cm³/mol. The Balaban J connectivity index is 1.60. The van der Waals surface area contributed by atoms with Crippen LogP contribution >= 0.6 is 11.8 Å². The van der Waals surface area contributed by atoms with Crippen LogP contribution in [0.1, 0.15) is 5.56 Å². The summed E-state index contributed by atoms with van der Waals surface area (Å²) in [7, 11) is 1.62. The molecule has 0 radical (unpaired) electrons. The third kappa shape index (κ3) is 4.92. The average molecular weight is 432 g/mol. The highest BCUT2D eigenvalue weighted by atomic mass is 32.2. The van der Waals surface area contributed by atoms with Crippen LogP contribution in [0.5, 0.6) is 5.75 Å². The summed E-state index contributed by atoms with van der Waals surface area (Å²) in [4.78, 5) is 16.7. The maximum Gasteiger partial charge on any atom is 0.234 e. The highest BCUT2D eigenvalue weighted by Crippen LogP contribution is 2.29. The number of methoxy groups -OCH3 is 1.